The van der Waals surface area contributed by atoms with Gasteiger partial charge in [-0.25, -0.2) is 4.79 Å². The van der Waals surface area contributed by atoms with Crippen LogP contribution in [0.25, 0.3) is 0 Å². The summed E-state index contributed by atoms with van der Waals surface area (Å²) in [7, 11) is 0. The number of rotatable bonds is 6. The first-order valence-electron chi connectivity index (χ1n) is 12.5. The number of esters is 1. The number of anilines is 2. The van der Waals surface area contributed by atoms with E-state index in [1.54, 1.807) is 24.3 Å². The summed E-state index contributed by atoms with van der Waals surface area (Å²) in [4.78, 5) is 52.6. The first kappa shape index (κ1) is 24.4. The number of nitrogens with one attached hydrogen (secondary N) is 1. The average Bonchev–Trinajstić information content (AvgIpc) is 3.18. The van der Waals surface area contributed by atoms with Crippen molar-refractivity contribution in [2.45, 2.75) is 32.1 Å². The molecule has 1 saturated carbocycles. The zero-order chi connectivity index (χ0) is 25.9. The largest absolute Gasteiger partial charge is 0.452 e. The maximum atomic E-state index is 13.4. The maximum Gasteiger partial charge on any atom is 0.338 e. The number of carbonyl (C=O) groups excluding carboxylic acids is 4. The molecule has 188 valence electrons. The molecule has 3 aromatic rings. The molecule has 7 heteroatoms. The van der Waals surface area contributed by atoms with Crippen molar-refractivity contribution in [1.82, 2.24) is 0 Å². The smallest absolute Gasteiger partial charge is 0.338 e. The van der Waals surface area contributed by atoms with Crippen molar-refractivity contribution >= 4 is 35.1 Å². The Kier molecular flexibility index (Phi) is 6.86. The highest BCUT2D eigenvalue weighted by Crippen LogP contribution is 2.45. The van der Waals surface area contributed by atoms with Gasteiger partial charge in [-0.2, -0.15) is 0 Å². The Hall–Kier alpha value is -4.26. The Bertz CT molecular complexity index is 1340. The number of carbonyl (C=O) groups is 4. The zero-order valence-corrected chi connectivity index (χ0v) is 20.6. The number of hydrogen-bond acceptors (Lipinski definition) is 5. The second-order valence-corrected chi connectivity index (χ2v) is 9.69. The fourth-order valence-electron chi connectivity index (χ4n) is 5.28. The minimum Gasteiger partial charge on any atom is -0.452 e. The standard InChI is InChI=1S/C30H28N2O5/c1-19-10-13-23(14-11-19)31-27(33)18-37-30(36)22-8-5-9-24(16-22)32-28(34)25-15-12-21(17-26(25)29(32)35)20-6-3-2-4-7-20/h2-11,13-14,16,21,25-26H,12,15,17-18H2,1H3,(H,31,33)/t21-,25-,26-/m1/s1. The topological polar surface area (TPSA) is 92.8 Å². The molecular weight excluding hydrogens is 468 g/mol. The third kappa shape index (κ3) is 5.16. The predicted molar refractivity (Wildman–Crippen MR) is 139 cm³/mol. The molecule has 0 bridgehead atoms. The van der Waals surface area contributed by atoms with Crippen LogP contribution < -0.4 is 10.2 Å². The molecule has 3 amide bonds. The Morgan fingerprint density at radius 2 is 1.62 bits per heavy atom. The first-order chi connectivity index (χ1) is 17.9. The van der Waals surface area contributed by atoms with E-state index < -0.39 is 18.5 Å². The van der Waals surface area contributed by atoms with Gasteiger partial charge in [0.15, 0.2) is 6.61 Å². The number of aryl methyl sites for hydroxylation is 1. The number of fused-ring (bicyclic) bond motifs is 1. The molecule has 5 rings (SSSR count). The normalized spacial score (nSPS) is 20.9. The van der Waals surface area contributed by atoms with Gasteiger partial charge in [0.1, 0.15) is 0 Å². The van der Waals surface area contributed by atoms with Gasteiger partial charge in [0.2, 0.25) is 11.8 Å². The predicted octanol–water partition coefficient (Wildman–Crippen LogP) is 4.86. The van der Waals surface area contributed by atoms with Gasteiger partial charge in [0.25, 0.3) is 5.91 Å². The van der Waals surface area contributed by atoms with Crippen LogP contribution in [0.4, 0.5) is 11.4 Å². The second kappa shape index (κ2) is 10.4. The monoisotopic (exact) mass is 496 g/mol. The Morgan fingerprint density at radius 1 is 0.892 bits per heavy atom. The van der Waals surface area contributed by atoms with Crippen LogP contribution in [0.3, 0.4) is 0 Å². The molecule has 0 spiro atoms. The van der Waals surface area contributed by atoms with Crippen molar-refractivity contribution in [2.24, 2.45) is 11.8 Å². The van der Waals surface area contributed by atoms with Crippen molar-refractivity contribution in [3.63, 3.8) is 0 Å². The van der Waals surface area contributed by atoms with Crippen LogP contribution in [0.1, 0.15) is 46.7 Å². The third-order valence-corrected chi connectivity index (χ3v) is 7.21. The number of imide groups is 1. The van der Waals surface area contributed by atoms with Crippen molar-refractivity contribution in [3.8, 4) is 0 Å². The second-order valence-electron chi connectivity index (χ2n) is 9.69. The zero-order valence-electron chi connectivity index (χ0n) is 20.6. The molecule has 0 unspecified atom stereocenters. The molecule has 2 aliphatic rings. The number of nitrogens with zero attached hydrogens (tertiary/aromatic N) is 1. The van der Waals surface area contributed by atoms with Gasteiger partial charge in [-0.3, -0.25) is 19.3 Å². The molecule has 1 N–H and O–H groups in total. The molecule has 3 aromatic carbocycles. The summed E-state index contributed by atoms with van der Waals surface area (Å²) in [6.07, 6.45) is 2.14. The van der Waals surface area contributed by atoms with E-state index in [9.17, 15) is 19.2 Å². The molecule has 1 saturated heterocycles. The van der Waals surface area contributed by atoms with E-state index >= 15 is 0 Å². The summed E-state index contributed by atoms with van der Waals surface area (Å²) < 4.78 is 5.18. The summed E-state index contributed by atoms with van der Waals surface area (Å²) in [6.45, 7) is 1.49. The van der Waals surface area contributed by atoms with Gasteiger partial charge in [0.05, 0.1) is 23.1 Å². The van der Waals surface area contributed by atoms with E-state index in [-0.39, 0.29) is 35.1 Å². The Balaban J connectivity index is 1.24. The van der Waals surface area contributed by atoms with Gasteiger partial charge >= 0.3 is 5.97 Å². The lowest BCUT2D eigenvalue weighted by molar-refractivity contribution is -0.122. The van der Waals surface area contributed by atoms with E-state index in [4.69, 9.17) is 4.74 Å². The van der Waals surface area contributed by atoms with E-state index in [1.807, 2.05) is 37.3 Å². The lowest BCUT2D eigenvalue weighted by atomic mass is 9.73. The minimum atomic E-state index is -0.707. The van der Waals surface area contributed by atoms with E-state index in [2.05, 4.69) is 17.4 Å². The molecule has 2 fully saturated rings. The van der Waals surface area contributed by atoms with Crippen LogP contribution >= 0.6 is 0 Å². The Morgan fingerprint density at radius 3 is 2.38 bits per heavy atom. The summed E-state index contributed by atoms with van der Waals surface area (Å²) in [5.41, 5.74) is 3.37. The molecule has 7 nitrogen and oxygen atoms in total. The molecule has 3 atom stereocenters. The summed E-state index contributed by atoms with van der Waals surface area (Å²) in [5, 5.41) is 2.67. The molecule has 1 aliphatic carbocycles. The van der Waals surface area contributed by atoms with Gasteiger partial charge in [-0.1, -0.05) is 54.1 Å². The van der Waals surface area contributed by atoms with Crippen molar-refractivity contribution in [3.05, 3.63) is 95.6 Å². The fraction of sp³-hybridized carbons (Fsp3) is 0.267. The van der Waals surface area contributed by atoms with Gasteiger partial charge in [-0.05, 0) is 68.0 Å². The van der Waals surface area contributed by atoms with Crippen LogP contribution in [0.2, 0.25) is 0 Å². The summed E-state index contributed by atoms with van der Waals surface area (Å²) in [6, 6.07) is 23.6. The van der Waals surface area contributed by atoms with Crippen LogP contribution in [0.5, 0.6) is 0 Å². The number of hydrogen-bond donors (Lipinski definition) is 1. The van der Waals surface area contributed by atoms with Crippen LogP contribution in [0, 0.1) is 18.8 Å². The number of benzene rings is 3. The lowest BCUT2D eigenvalue weighted by Crippen LogP contribution is -2.31. The number of amides is 3. The van der Waals surface area contributed by atoms with E-state index in [0.717, 1.165) is 12.0 Å². The number of ether oxygens (including phenoxy) is 1. The van der Waals surface area contributed by atoms with Crippen molar-refractivity contribution in [1.29, 1.82) is 0 Å². The fourth-order valence-corrected chi connectivity index (χ4v) is 5.28. The molecule has 1 aliphatic heterocycles. The SMILES string of the molecule is Cc1ccc(NC(=O)COC(=O)c2cccc(N3C(=O)[C@@H]4CC[C@@H](c5ccccc5)C[C@H]4C3=O)c2)cc1. The summed E-state index contributed by atoms with van der Waals surface area (Å²) in [5.74, 6) is -2.08. The average molecular weight is 497 g/mol. The van der Waals surface area contributed by atoms with E-state index in [0.29, 0.717) is 24.2 Å². The lowest BCUT2D eigenvalue weighted by Gasteiger charge is -2.28. The van der Waals surface area contributed by atoms with Crippen LogP contribution in [-0.2, 0) is 19.1 Å². The minimum absolute atomic E-state index is 0.165. The maximum absolute atomic E-state index is 13.4. The first-order valence-corrected chi connectivity index (χ1v) is 12.5. The summed E-state index contributed by atoms with van der Waals surface area (Å²) >= 11 is 0. The highest BCUT2D eigenvalue weighted by molar-refractivity contribution is 6.22. The Labute approximate surface area is 215 Å². The van der Waals surface area contributed by atoms with E-state index in [1.165, 1.54) is 22.6 Å². The quantitative estimate of drug-likeness (QED) is 0.389. The third-order valence-electron chi connectivity index (χ3n) is 7.21. The van der Waals surface area contributed by atoms with Crippen LogP contribution in [-0.4, -0.2) is 30.3 Å². The van der Waals surface area contributed by atoms with Crippen LogP contribution in [0.15, 0.2) is 78.9 Å². The molecule has 0 radical (unpaired) electrons. The molecule has 0 aromatic heterocycles. The van der Waals surface area contributed by atoms with Crippen molar-refractivity contribution in [2.75, 3.05) is 16.8 Å². The highest BCUT2D eigenvalue weighted by atomic mass is 16.5. The van der Waals surface area contributed by atoms with Gasteiger partial charge < -0.3 is 10.1 Å². The van der Waals surface area contributed by atoms with Gasteiger partial charge in [-0.15, -0.1) is 0 Å². The highest BCUT2D eigenvalue weighted by Gasteiger charge is 2.50. The van der Waals surface area contributed by atoms with Gasteiger partial charge in [0, 0.05) is 5.69 Å². The molecular formula is C30H28N2O5. The molecule has 37 heavy (non-hydrogen) atoms. The molecule has 1 heterocycles. The van der Waals surface area contributed by atoms with Crippen molar-refractivity contribution < 1.29 is 23.9 Å².